The molecule has 0 bridgehead atoms. The monoisotopic (exact) mass is 332 g/mol. The lowest BCUT2D eigenvalue weighted by atomic mass is 9.84. The first-order chi connectivity index (χ1) is 11.5. The van der Waals surface area contributed by atoms with Gasteiger partial charge in [0.25, 0.3) is 5.91 Å². The number of carbonyl (C=O) groups is 2. The maximum absolute atomic E-state index is 13.3. The molecule has 2 heterocycles. The second-order valence-corrected chi connectivity index (χ2v) is 6.95. The van der Waals surface area contributed by atoms with Crippen molar-refractivity contribution in [3.05, 3.63) is 35.1 Å². The van der Waals surface area contributed by atoms with E-state index in [9.17, 15) is 14.0 Å². The van der Waals surface area contributed by atoms with Gasteiger partial charge in [0.1, 0.15) is 11.4 Å². The molecule has 24 heavy (non-hydrogen) atoms. The molecular formula is C19H25FN2O2. The number of likely N-dealkylation sites (tertiary alicyclic amines) is 2. The lowest BCUT2D eigenvalue weighted by Crippen LogP contribution is -2.61. The summed E-state index contributed by atoms with van der Waals surface area (Å²) in [7, 11) is 0. The summed E-state index contributed by atoms with van der Waals surface area (Å²) in [5.74, 6) is -0.388. The van der Waals surface area contributed by atoms with E-state index in [1.807, 2.05) is 4.90 Å². The molecule has 2 saturated heterocycles. The summed E-state index contributed by atoms with van der Waals surface area (Å²) < 4.78 is 13.3. The van der Waals surface area contributed by atoms with Crippen molar-refractivity contribution in [3.8, 4) is 0 Å². The number of benzene rings is 1. The first-order valence-corrected chi connectivity index (χ1v) is 8.87. The highest BCUT2D eigenvalue weighted by molar-refractivity contribution is 6.00. The quantitative estimate of drug-likeness (QED) is 0.853. The lowest BCUT2D eigenvalue weighted by Gasteiger charge is -2.44. The van der Waals surface area contributed by atoms with E-state index < -0.39 is 5.54 Å². The summed E-state index contributed by atoms with van der Waals surface area (Å²) in [6.45, 7) is 5.94. The Kier molecular flexibility index (Phi) is 4.61. The van der Waals surface area contributed by atoms with E-state index in [-0.39, 0.29) is 17.6 Å². The van der Waals surface area contributed by atoms with Crippen LogP contribution in [0, 0.1) is 12.7 Å². The first-order valence-electron chi connectivity index (χ1n) is 8.87. The van der Waals surface area contributed by atoms with Crippen LogP contribution in [-0.4, -0.2) is 46.8 Å². The number of piperidine rings is 1. The van der Waals surface area contributed by atoms with E-state index in [1.54, 1.807) is 11.8 Å². The van der Waals surface area contributed by atoms with Crippen molar-refractivity contribution in [3.63, 3.8) is 0 Å². The number of aryl methyl sites for hydroxylation is 1. The van der Waals surface area contributed by atoms with Crippen molar-refractivity contribution in [1.82, 2.24) is 9.80 Å². The third kappa shape index (κ3) is 2.70. The van der Waals surface area contributed by atoms with Gasteiger partial charge < -0.3 is 9.80 Å². The fourth-order valence-electron chi connectivity index (χ4n) is 4.22. The molecule has 1 spiro atoms. The Balaban J connectivity index is 1.92. The van der Waals surface area contributed by atoms with Gasteiger partial charge in [-0.3, -0.25) is 9.59 Å². The van der Waals surface area contributed by atoms with Gasteiger partial charge in [-0.05, 0) is 62.8 Å². The highest BCUT2D eigenvalue weighted by Crippen LogP contribution is 2.39. The lowest BCUT2D eigenvalue weighted by molar-refractivity contribution is -0.145. The summed E-state index contributed by atoms with van der Waals surface area (Å²) in [5, 5.41) is 0. The van der Waals surface area contributed by atoms with E-state index in [4.69, 9.17) is 0 Å². The zero-order valence-corrected chi connectivity index (χ0v) is 14.5. The number of rotatable bonds is 3. The average molecular weight is 332 g/mol. The summed E-state index contributed by atoms with van der Waals surface area (Å²) >= 11 is 0. The summed E-state index contributed by atoms with van der Waals surface area (Å²) in [5.41, 5.74) is 0.430. The number of carbonyl (C=O) groups excluding carboxylic acids is 2. The maximum Gasteiger partial charge on any atom is 0.255 e. The molecule has 0 N–H and O–H groups in total. The molecule has 2 amide bonds. The zero-order chi connectivity index (χ0) is 17.3. The molecular weight excluding hydrogens is 307 g/mol. The van der Waals surface area contributed by atoms with Gasteiger partial charge in [0.15, 0.2) is 0 Å². The molecule has 0 radical (unpaired) electrons. The molecule has 1 unspecified atom stereocenters. The number of nitrogens with zero attached hydrogens (tertiary/aromatic N) is 2. The highest BCUT2D eigenvalue weighted by atomic mass is 19.1. The van der Waals surface area contributed by atoms with Crippen LogP contribution in [0.5, 0.6) is 0 Å². The number of hydrogen-bond acceptors (Lipinski definition) is 2. The molecule has 1 aromatic rings. The molecule has 0 aromatic heterocycles. The predicted molar refractivity (Wildman–Crippen MR) is 90.2 cm³/mol. The Labute approximate surface area is 142 Å². The van der Waals surface area contributed by atoms with E-state index in [1.165, 1.54) is 18.2 Å². The van der Waals surface area contributed by atoms with Crippen LogP contribution in [0.3, 0.4) is 0 Å². The van der Waals surface area contributed by atoms with Crippen LogP contribution >= 0.6 is 0 Å². The Hall–Kier alpha value is -1.91. The Morgan fingerprint density at radius 3 is 2.62 bits per heavy atom. The molecule has 4 nitrogen and oxygen atoms in total. The number of amides is 2. The predicted octanol–water partition coefficient (Wildman–Crippen LogP) is 3.14. The van der Waals surface area contributed by atoms with Gasteiger partial charge in [-0.25, -0.2) is 4.39 Å². The largest absolute Gasteiger partial charge is 0.341 e. The van der Waals surface area contributed by atoms with Crippen LogP contribution in [0.2, 0.25) is 0 Å². The molecule has 2 fully saturated rings. The van der Waals surface area contributed by atoms with E-state index in [2.05, 4.69) is 6.92 Å². The van der Waals surface area contributed by atoms with Gasteiger partial charge in [-0.15, -0.1) is 0 Å². The smallest absolute Gasteiger partial charge is 0.255 e. The normalized spacial score (nSPS) is 24.0. The van der Waals surface area contributed by atoms with Gasteiger partial charge in [0.05, 0.1) is 0 Å². The van der Waals surface area contributed by atoms with Crippen LogP contribution in [0.25, 0.3) is 0 Å². The Morgan fingerprint density at radius 2 is 1.96 bits per heavy atom. The maximum atomic E-state index is 13.3. The van der Waals surface area contributed by atoms with Crippen LogP contribution in [-0.2, 0) is 4.79 Å². The fourth-order valence-corrected chi connectivity index (χ4v) is 4.22. The summed E-state index contributed by atoms with van der Waals surface area (Å²) in [4.78, 5) is 29.9. The molecule has 5 heteroatoms. The zero-order valence-electron chi connectivity index (χ0n) is 14.5. The SMILES string of the molecule is CCCN1CCCC2(CCCN2C(=O)c2ccc(F)cc2C)C1=O. The third-order valence-electron chi connectivity index (χ3n) is 5.35. The minimum absolute atomic E-state index is 0.0983. The Bertz CT molecular complexity index is 659. The highest BCUT2D eigenvalue weighted by Gasteiger charge is 2.52. The minimum Gasteiger partial charge on any atom is -0.341 e. The molecule has 3 rings (SSSR count). The second-order valence-electron chi connectivity index (χ2n) is 6.95. The van der Waals surface area contributed by atoms with Gasteiger partial charge in [-0.1, -0.05) is 6.92 Å². The average Bonchev–Trinajstić information content (AvgIpc) is 2.96. The fraction of sp³-hybridized carbons (Fsp3) is 0.579. The minimum atomic E-state index is -0.689. The summed E-state index contributed by atoms with van der Waals surface area (Å²) in [6, 6.07) is 4.23. The van der Waals surface area contributed by atoms with Crippen LogP contribution in [0.1, 0.15) is 54.9 Å². The Morgan fingerprint density at radius 1 is 1.25 bits per heavy atom. The molecule has 1 atom stereocenters. The van der Waals surface area contributed by atoms with Crippen molar-refractivity contribution in [2.24, 2.45) is 0 Å². The van der Waals surface area contributed by atoms with Crippen molar-refractivity contribution in [2.45, 2.75) is 51.5 Å². The molecule has 0 aliphatic carbocycles. The third-order valence-corrected chi connectivity index (χ3v) is 5.35. The first kappa shape index (κ1) is 16.9. The molecule has 2 aliphatic heterocycles. The van der Waals surface area contributed by atoms with Crippen LogP contribution in [0.4, 0.5) is 4.39 Å². The van der Waals surface area contributed by atoms with Crippen LogP contribution < -0.4 is 0 Å². The van der Waals surface area contributed by atoms with E-state index in [0.29, 0.717) is 17.7 Å². The van der Waals surface area contributed by atoms with E-state index >= 15 is 0 Å². The molecule has 0 saturated carbocycles. The van der Waals surface area contributed by atoms with Gasteiger partial charge >= 0.3 is 0 Å². The van der Waals surface area contributed by atoms with Gasteiger partial charge in [-0.2, -0.15) is 0 Å². The second kappa shape index (κ2) is 6.54. The molecule has 2 aliphatic rings. The van der Waals surface area contributed by atoms with E-state index in [0.717, 1.165) is 45.2 Å². The van der Waals surface area contributed by atoms with Crippen molar-refractivity contribution < 1.29 is 14.0 Å². The molecule has 130 valence electrons. The number of hydrogen-bond donors (Lipinski definition) is 0. The number of halogens is 1. The van der Waals surface area contributed by atoms with Gasteiger partial charge in [0.2, 0.25) is 5.91 Å². The van der Waals surface area contributed by atoms with Crippen molar-refractivity contribution in [1.29, 1.82) is 0 Å². The topological polar surface area (TPSA) is 40.6 Å². The standard InChI is InChI=1S/C19H25FN2O2/c1-3-10-21-11-4-8-19(18(21)24)9-5-12-22(19)17(23)16-7-6-15(20)13-14(16)2/h6-7,13H,3-5,8-12H2,1-2H3. The van der Waals surface area contributed by atoms with Crippen LogP contribution in [0.15, 0.2) is 18.2 Å². The molecule has 1 aromatic carbocycles. The van der Waals surface area contributed by atoms with Crippen molar-refractivity contribution >= 4 is 11.8 Å². The van der Waals surface area contributed by atoms with Gasteiger partial charge in [0, 0.05) is 25.2 Å². The summed E-state index contributed by atoms with van der Waals surface area (Å²) in [6.07, 6.45) is 4.17. The van der Waals surface area contributed by atoms with Crippen molar-refractivity contribution in [2.75, 3.05) is 19.6 Å².